The van der Waals surface area contributed by atoms with Crippen molar-refractivity contribution in [1.82, 2.24) is 14.9 Å². The van der Waals surface area contributed by atoms with Crippen molar-refractivity contribution in [2.75, 3.05) is 43.5 Å². The highest BCUT2D eigenvalue weighted by atomic mass is 19.3. The van der Waals surface area contributed by atoms with Gasteiger partial charge in [0.05, 0.1) is 36.0 Å². The van der Waals surface area contributed by atoms with Gasteiger partial charge in [0.2, 0.25) is 0 Å². The Morgan fingerprint density at radius 3 is 2.49 bits per heavy atom. The standard InChI is InChI=1S/C30H36F2N6O/c1-19-22(18-33)6-5-7-24(19)20(2)34-29-25-16-27(28(39-4)17-26(25)35-21(3)36-29)38-12-8-23(9-13-38)37-14-10-30(31,32)11-15-37/h5-7,16-17,20,23H,8-15H2,1-4H3,(H,34,35,36)/t20-/m1/s1. The molecule has 0 aliphatic carbocycles. The lowest BCUT2D eigenvalue weighted by atomic mass is 9.97. The van der Waals surface area contributed by atoms with Crippen LogP contribution in [0.2, 0.25) is 0 Å². The van der Waals surface area contributed by atoms with Gasteiger partial charge < -0.3 is 15.0 Å². The Labute approximate surface area is 228 Å². The molecule has 1 aromatic heterocycles. The van der Waals surface area contributed by atoms with E-state index in [0.29, 0.717) is 30.5 Å². The highest BCUT2D eigenvalue weighted by molar-refractivity contribution is 5.94. The van der Waals surface area contributed by atoms with Gasteiger partial charge in [-0.05, 0) is 56.9 Å². The van der Waals surface area contributed by atoms with Gasteiger partial charge in [-0.2, -0.15) is 5.26 Å². The normalized spacial score (nSPS) is 19.1. The lowest BCUT2D eigenvalue weighted by Gasteiger charge is -2.42. The first-order chi connectivity index (χ1) is 18.7. The molecule has 9 heteroatoms. The number of aromatic nitrogens is 2. The molecule has 0 bridgehead atoms. The highest BCUT2D eigenvalue weighted by Gasteiger charge is 2.37. The Balaban J connectivity index is 1.40. The summed E-state index contributed by atoms with van der Waals surface area (Å²) in [4.78, 5) is 14.0. The summed E-state index contributed by atoms with van der Waals surface area (Å²) in [6, 6.07) is 12.4. The molecule has 7 nitrogen and oxygen atoms in total. The second kappa shape index (κ2) is 10.9. The number of nitrogens with one attached hydrogen (secondary N) is 1. The zero-order chi connectivity index (χ0) is 27.7. The van der Waals surface area contributed by atoms with Crippen LogP contribution in [0.3, 0.4) is 0 Å². The van der Waals surface area contributed by atoms with E-state index in [4.69, 9.17) is 9.72 Å². The number of methoxy groups -OCH3 is 1. The van der Waals surface area contributed by atoms with Crippen molar-refractivity contribution >= 4 is 22.4 Å². The van der Waals surface area contributed by atoms with E-state index in [1.165, 1.54) is 0 Å². The molecule has 0 amide bonds. The number of rotatable bonds is 6. The number of fused-ring (bicyclic) bond motifs is 1. The summed E-state index contributed by atoms with van der Waals surface area (Å²) in [7, 11) is 1.67. The molecular weight excluding hydrogens is 498 g/mol. The molecule has 2 aromatic carbocycles. The molecule has 2 aliphatic rings. The number of piperidine rings is 2. The van der Waals surface area contributed by atoms with Gasteiger partial charge in [-0.25, -0.2) is 18.7 Å². The second-order valence-electron chi connectivity index (χ2n) is 10.8. The van der Waals surface area contributed by atoms with Crippen LogP contribution in [0.5, 0.6) is 5.75 Å². The number of hydrogen-bond donors (Lipinski definition) is 1. The molecular formula is C30H36F2N6O. The summed E-state index contributed by atoms with van der Waals surface area (Å²) in [5, 5.41) is 13.9. The van der Waals surface area contributed by atoms with E-state index in [1.807, 2.05) is 38.1 Å². The number of hydrogen-bond acceptors (Lipinski definition) is 7. The molecule has 0 radical (unpaired) electrons. The Hall–Kier alpha value is -3.51. The van der Waals surface area contributed by atoms with Crippen molar-refractivity contribution in [2.24, 2.45) is 0 Å². The van der Waals surface area contributed by atoms with Crippen LogP contribution in [0.1, 0.15) is 61.2 Å². The van der Waals surface area contributed by atoms with Gasteiger partial charge in [0, 0.05) is 56.5 Å². The topological polar surface area (TPSA) is 77.3 Å². The predicted octanol–water partition coefficient (Wildman–Crippen LogP) is 6.00. The van der Waals surface area contributed by atoms with Crippen molar-refractivity contribution in [2.45, 2.75) is 64.5 Å². The molecule has 1 atom stereocenters. The van der Waals surface area contributed by atoms with Crippen molar-refractivity contribution < 1.29 is 13.5 Å². The molecule has 2 saturated heterocycles. The van der Waals surface area contributed by atoms with E-state index in [1.54, 1.807) is 7.11 Å². The number of halogens is 2. The number of nitriles is 1. The van der Waals surface area contributed by atoms with Gasteiger partial charge in [-0.3, -0.25) is 4.90 Å². The second-order valence-corrected chi connectivity index (χ2v) is 10.8. The number of anilines is 2. The fourth-order valence-electron chi connectivity index (χ4n) is 6.00. The first-order valence-electron chi connectivity index (χ1n) is 13.7. The molecule has 39 heavy (non-hydrogen) atoms. The average Bonchev–Trinajstić information content (AvgIpc) is 2.92. The number of aryl methyl sites for hydroxylation is 1. The zero-order valence-electron chi connectivity index (χ0n) is 23.1. The SMILES string of the molecule is COc1cc2nc(C)nc(N[C@H](C)c3cccc(C#N)c3C)c2cc1N1CCC(N2CCC(F)(F)CC2)CC1. The van der Waals surface area contributed by atoms with Gasteiger partial charge in [0.15, 0.2) is 0 Å². The summed E-state index contributed by atoms with van der Waals surface area (Å²) < 4.78 is 33.1. The molecule has 0 saturated carbocycles. The van der Waals surface area contributed by atoms with Gasteiger partial charge in [0.1, 0.15) is 17.4 Å². The Morgan fingerprint density at radius 1 is 1.10 bits per heavy atom. The summed E-state index contributed by atoms with van der Waals surface area (Å²) in [6.07, 6.45) is 1.76. The summed E-state index contributed by atoms with van der Waals surface area (Å²) >= 11 is 0. The first kappa shape index (κ1) is 27.1. The molecule has 3 heterocycles. The van der Waals surface area contributed by atoms with Crippen LogP contribution in [0.25, 0.3) is 10.9 Å². The van der Waals surface area contributed by atoms with Crippen LogP contribution in [0.4, 0.5) is 20.3 Å². The Bertz CT molecular complexity index is 1390. The molecule has 0 spiro atoms. The number of likely N-dealkylation sites (tertiary alicyclic amines) is 1. The third-order valence-electron chi connectivity index (χ3n) is 8.28. The molecule has 3 aromatic rings. The van der Waals surface area contributed by atoms with E-state index in [2.05, 4.69) is 39.2 Å². The minimum atomic E-state index is -2.52. The highest BCUT2D eigenvalue weighted by Crippen LogP contribution is 2.38. The molecule has 206 valence electrons. The lowest BCUT2D eigenvalue weighted by molar-refractivity contribution is -0.0646. The van der Waals surface area contributed by atoms with Crippen molar-refractivity contribution in [3.8, 4) is 11.8 Å². The van der Waals surface area contributed by atoms with Crippen molar-refractivity contribution in [3.63, 3.8) is 0 Å². The number of nitrogens with zero attached hydrogens (tertiary/aromatic N) is 5. The Kier molecular flexibility index (Phi) is 7.59. The van der Waals surface area contributed by atoms with Crippen LogP contribution < -0.4 is 15.0 Å². The van der Waals surface area contributed by atoms with Gasteiger partial charge in [0.25, 0.3) is 5.92 Å². The molecule has 2 fully saturated rings. The summed E-state index contributed by atoms with van der Waals surface area (Å²) in [6.45, 7) is 8.50. The van der Waals surface area contributed by atoms with E-state index >= 15 is 0 Å². The number of benzene rings is 2. The van der Waals surface area contributed by atoms with Gasteiger partial charge >= 0.3 is 0 Å². The minimum Gasteiger partial charge on any atom is -0.495 e. The molecule has 5 rings (SSSR count). The minimum absolute atomic E-state index is 0.0420. The van der Waals surface area contributed by atoms with Crippen LogP contribution in [0, 0.1) is 25.2 Å². The zero-order valence-corrected chi connectivity index (χ0v) is 23.1. The van der Waals surface area contributed by atoms with Crippen molar-refractivity contribution in [3.05, 3.63) is 52.8 Å². The van der Waals surface area contributed by atoms with E-state index in [-0.39, 0.29) is 18.9 Å². The number of alkyl halides is 2. The Morgan fingerprint density at radius 2 is 1.82 bits per heavy atom. The monoisotopic (exact) mass is 534 g/mol. The molecule has 1 N–H and O–H groups in total. The van der Waals surface area contributed by atoms with E-state index in [9.17, 15) is 14.0 Å². The van der Waals surface area contributed by atoms with Gasteiger partial charge in [-0.1, -0.05) is 12.1 Å². The maximum Gasteiger partial charge on any atom is 0.250 e. The quantitative estimate of drug-likeness (QED) is 0.416. The number of ether oxygens (including phenoxy) is 1. The summed E-state index contributed by atoms with van der Waals surface area (Å²) in [5.74, 6) is -0.369. The smallest absolute Gasteiger partial charge is 0.250 e. The lowest BCUT2D eigenvalue weighted by Crippen LogP contribution is -2.49. The van der Waals surface area contributed by atoms with Crippen LogP contribution in [-0.4, -0.2) is 60.1 Å². The van der Waals surface area contributed by atoms with Gasteiger partial charge in [-0.15, -0.1) is 0 Å². The largest absolute Gasteiger partial charge is 0.495 e. The van der Waals surface area contributed by atoms with Crippen molar-refractivity contribution in [1.29, 1.82) is 5.26 Å². The predicted molar refractivity (Wildman–Crippen MR) is 150 cm³/mol. The first-order valence-corrected chi connectivity index (χ1v) is 13.7. The van der Waals surface area contributed by atoms with Crippen LogP contribution in [-0.2, 0) is 0 Å². The average molecular weight is 535 g/mol. The summed E-state index contributed by atoms with van der Waals surface area (Å²) in [5.41, 5.74) is 4.45. The third kappa shape index (κ3) is 5.62. The molecule has 2 aliphatic heterocycles. The van der Waals surface area contributed by atoms with E-state index in [0.717, 1.165) is 65.2 Å². The molecule has 0 unspecified atom stereocenters. The fourth-order valence-corrected chi connectivity index (χ4v) is 6.00. The van der Waals surface area contributed by atoms with Crippen LogP contribution in [0.15, 0.2) is 30.3 Å². The fraction of sp³-hybridized carbons (Fsp3) is 0.500. The van der Waals surface area contributed by atoms with E-state index < -0.39 is 5.92 Å². The third-order valence-corrected chi connectivity index (χ3v) is 8.28. The van der Waals surface area contributed by atoms with Crippen LogP contribution >= 0.6 is 0 Å². The maximum absolute atomic E-state index is 13.6. The maximum atomic E-state index is 13.6.